The van der Waals surface area contributed by atoms with Crippen molar-refractivity contribution in [2.24, 2.45) is 11.8 Å². The minimum absolute atomic E-state index is 0.109. The lowest BCUT2D eigenvalue weighted by Crippen LogP contribution is -2.35. The third-order valence-corrected chi connectivity index (χ3v) is 5.23. The molecule has 3 rings (SSSR count). The Kier molecular flexibility index (Phi) is 3.50. The summed E-state index contributed by atoms with van der Waals surface area (Å²) in [5, 5.41) is 8.66. The van der Waals surface area contributed by atoms with E-state index in [2.05, 4.69) is 29.2 Å². The fourth-order valence-electron chi connectivity index (χ4n) is 2.92. The zero-order valence-corrected chi connectivity index (χ0v) is 12.9. The Morgan fingerprint density at radius 2 is 2.20 bits per heavy atom. The van der Waals surface area contributed by atoms with Crippen molar-refractivity contribution in [1.29, 1.82) is 0 Å². The maximum Gasteiger partial charge on any atom is 0.275 e. The van der Waals surface area contributed by atoms with E-state index in [1.807, 2.05) is 6.92 Å². The van der Waals surface area contributed by atoms with Crippen LogP contribution in [-0.2, 0) is 0 Å². The van der Waals surface area contributed by atoms with Crippen molar-refractivity contribution in [3.05, 3.63) is 22.1 Å². The first-order valence-electron chi connectivity index (χ1n) is 7.18. The fourth-order valence-corrected chi connectivity index (χ4v) is 3.84. The van der Waals surface area contributed by atoms with Gasteiger partial charge in [-0.25, -0.2) is 4.98 Å². The molecule has 108 valence electrons. The number of aryl methyl sites for hydroxylation is 1. The van der Waals surface area contributed by atoms with E-state index in [1.54, 1.807) is 0 Å². The van der Waals surface area contributed by atoms with Gasteiger partial charge in [-0.1, -0.05) is 38.0 Å². The molecule has 0 amide bonds. The molecule has 2 aromatic heterocycles. The van der Waals surface area contributed by atoms with E-state index in [-0.39, 0.29) is 5.56 Å². The van der Waals surface area contributed by atoms with E-state index in [1.165, 1.54) is 41.2 Å². The molecule has 0 radical (unpaired) electrons. The van der Waals surface area contributed by atoms with E-state index in [0.717, 1.165) is 16.7 Å². The second-order valence-electron chi connectivity index (χ2n) is 5.86. The SMILES string of the molecule is Cc1cc(=O)n2nc(N[C@@H]3CCC[C@H](C)[C@H]3C)sc2n1. The van der Waals surface area contributed by atoms with Crippen LogP contribution in [0.5, 0.6) is 0 Å². The first-order valence-corrected chi connectivity index (χ1v) is 8.00. The van der Waals surface area contributed by atoms with E-state index < -0.39 is 0 Å². The van der Waals surface area contributed by atoms with Gasteiger partial charge in [-0.05, 0) is 25.2 Å². The summed E-state index contributed by atoms with van der Waals surface area (Å²) in [5.74, 6) is 1.36. The van der Waals surface area contributed by atoms with Gasteiger partial charge in [0.1, 0.15) is 0 Å². The first-order chi connectivity index (χ1) is 9.54. The molecule has 20 heavy (non-hydrogen) atoms. The topological polar surface area (TPSA) is 59.3 Å². The number of nitrogens with zero attached hydrogens (tertiary/aromatic N) is 3. The summed E-state index contributed by atoms with van der Waals surface area (Å²) in [6.07, 6.45) is 3.73. The lowest BCUT2D eigenvalue weighted by molar-refractivity contribution is 0.253. The summed E-state index contributed by atoms with van der Waals surface area (Å²) in [4.78, 5) is 16.9. The Balaban J connectivity index is 1.88. The summed E-state index contributed by atoms with van der Waals surface area (Å²) in [6.45, 7) is 6.44. The molecular weight excluding hydrogens is 272 g/mol. The fraction of sp³-hybridized carbons (Fsp3) is 0.643. The molecule has 2 heterocycles. The summed E-state index contributed by atoms with van der Waals surface area (Å²) in [5.41, 5.74) is 0.631. The Hall–Kier alpha value is -1.43. The third-order valence-electron chi connectivity index (χ3n) is 4.39. The van der Waals surface area contributed by atoms with Gasteiger partial charge in [0.25, 0.3) is 5.56 Å². The Bertz CT molecular complexity index is 677. The van der Waals surface area contributed by atoms with Gasteiger partial charge in [-0.15, -0.1) is 5.10 Å². The lowest BCUT2D eigenvalue weighted by atomic mass is 9.78. The molecule has 5 nitrogen and oxygen atoms in total. The summed E-state index contributed by atoms with van der Waals surface area (Å²) in [6, 6.07) is 1.96. The highest BCUT2D eigenvalue weighted by Crippen LogP contribution is 2.32. The predicted octanol–water partition coefficient (Wildman–Crippen LogP) is 2.70. The van der Waals surface area contributed by atoms with Crippen molar-refractivity contribution >= 4 is 21.4 Å². The minimum Gasteiger partial charge on any atom is -0.357 e. The van der Waals surface area contributed by atoms with Crippen molar-refractivity contribution in [3.63, 3.8) is 0 Å². The van der Waals surface area contributed by atoms with Gasteiger partial charge in [0.15, 0.2) is 0 Å². The number of hydrogen-bond acceptors (Lipinski definition) is 5. The molecule has 0 aromatic carbocycles. The van der Waals surface area contributed by atoms with Crippen LogP contribution in [0.25, 0.3) is 4.96 Å². The second kappa shape index (κ2) is 5.16. The predicted molar refractivity (Wildman–Crippen MR) is 81.5 cm³/mol. The normalized spacial score (nSPS) is 26.9. The number of hydrogen-bond donors (Lipinski definition) is 1. The van der Waals surface area contributed by atoms with Gasteiger partial charge in [0.2, 0.25) is 10.1 Å². The Morgan fingerprint density at radius 3 is 3.00 bits per heavy atom. The summed E-state index contributed by atoms with van der Waals surface area (Å²) >= 11 is 1.45. The monoisotopic (exact) mass is 292 g/mol. The van der Waals surface area contributed by atoms with Gasteiger partial charge in [-0.3, -0.25) is 4.79 Å². The van der Waals surface area contributed by atoms with E-state index >= 15 is 0 Å². The zero-order chi connectivity index (χ0) is 14.3. The van der Waals surface area contributed by atoms with Crippen LogP contribution >= 0.6 is 11.3 Å². The van der Waals surface area contributed by atoms with Crippen LogP contribution in [0.3, 0.4) is 0 Å². The average molecular weight is 292 g/mol. The number of rotatable bonds is 2. The first kappa shape index (κ1) is 13.5. The molecular formula is C14H20N4OS. The molecule has 1 saturated carbocycles. The highest BCUT2D eigenvalue weighted by Gasteiger charge is 2.27. The van der Waals surface area contributed by atoms with Crippen LogP contribution in [0.2, 0.25) is 0 Å². The number of aromatic nitrogens is 3. The van der Waals surface area contributed by atoms with E-state index in [0.29, 0.717) is 16.9 Å². The van der Waals surface area contributed by atoms with Crippen LogP contribution in [0.1, 0.15) is 38.8 Å². The van der Waals surface area contributed by atoms with Crippen LogP contribution in [0.15, 0.2) is 10.9 Å². The van der Waals surface area contributed by atoms with E-state index in [9.17, 15) is 4.79 Å². The standard InChI is InChI=1S/C14H20N4OS/c1-8-5-4-6-11(10(8)3)16-13-17-18-12(19)7-9(2)15-14(18)20-13/h7-8,10-11H,4-6H2,1-3H3,(H,16,17)/t8-,10+,11+/m0/s1. The van der Waals surface area contributed by atoms with E-state index in [4.69, 9.17) is 0 Å². The Labute approximate surface area is 122 Å². The van der Waals surface area contributed by atoms with Gasteiger partial charge < -0.3 is 5.32 Å². The lowest BCUT2D eigenvalue weighted by Gasteiger charge is -2.34. The van der Waals surface area contributed by atoms with Crippen molar-refractivity contribution in [1.82, 2.24) is 14.6 Å². The third kappa shape index (κ3) is 2.44. The maximum atomic E-state index is 11.9. The van der Waals surface area contributed by atoms with Gasteiger partial charge >= 0.3 is 0 Å². The van der Waals surface area contributed by atoms with Crippen molar-refractivity contribution in [2.45, 2.75) is 46.1 Å². The summed E-state index contributed by atoms with van der Waals surface area (Å²) < 4.78 is 1.39. The molecule has 1 N–H and O–H groups in total. The molecule has 0 aliphatic heterocycles. The van der Waals surface area contributed by atoms with Crippen molar-refractivity contribution in [3.8, 4) is 0 Å². The van der Waals surface area contributed by atoms with Gasteiger partial charge in [-0.2, -0.15) is 4.52 Å². The van der Waals surface area contributed by atoms with Crippen LogP contribution in [-0.4, -0.2) is 20.6 Å². The smallest absolute Gasteiger partial charge is 0.275 e. The molecule has 0 spiro atoms. The van der Waals surface area contributed by atoms with Crippen molar-refractivity contribution < 1.29 is 0 Å². The largest absolute Gasteiger partial charge is 0.357 e. The minimum atomic E-state index is -0.109. The van der Waals surface area contributed by atoms with Gasteiger partial charge in [0.05, 0.1) is 0 Å². The number of anilines is 1. The molecule has 3 atom stereocenters. The molecule has 1 aliphatic rings. The molecule has 1 aliphatic carbocycles. The summed E-state index contributed by atoms with van der Waals surface area (Å²) in [7, 11) is 0. The Morgan fingerprint density at radius 1 is 1.40 bits per heavy atom. The molecule has 6 heteroatoms. The van der Waals surface area contributed by atoms with Crippen LogP contribution in [0, 0.1) is 18.8 Å². The highest BCUT2D eigenvalue weighted by molar-refractivity contribution is 7.20. The highest BCUT2D eigenvalue weighted by atomic mass is 32.1. The zero-order valence-electron chi connectivity index (χ0n) is 12.1. The van der Waals surface area contributed by atoms with Gasteiger partial charge in [0, 0.05) is 17.8 Å². The molecule has 0 saturated heterocycles. The average Bonchev–Trinajstić information content (AvgIpc) is 2.78. The van der Waals surface area contributed by atoms with Crippen LogP contribution < -0.4 is 10.9 Å². The van der Waals surface area contributed by atoms with Crippen molar-refractivity contribution in [2.75, 3.05) is 5.32 Å². The molecule has 2 aromatic rings. The molecule has 1 fully saturated rings. The molecule has 0 unspecified atom stereocenters. The van der Waals surface area contributed by atoms with Crippen LogP contribution in [0.4, 0.5) is 5.13 Å². The number of nitrogens with one attached hydrogen (secondary N) is 1. The molecule has 0 bridgehead atoms. The second-order valence-corrected chi connectivity index (χ2v) is 6.81. The maximum absolute atomic E-state index is 11.9. The number of fused-ring (bicyclic) bond motifs is 1. The quantitative estimate of drug-likeness (QED) is 0.924.